The lowest BCUT2D eigenvalue weighted by molar-refractivity contribution is 0.0930. The monoisotopic (exact) mass is 373 g/mol. The lowest BCUT2D eigenvalue weighted by atomic mass is 9.92. The van der Waals surface area contributed by atoms with Crippen LogP contribution in [-0.2, 0) is 0 Å². The number of nitrogens with two attached hydrogens (primary N) is 1. The average Bonchev–Trinajstić information content (AvgIpc) is 3.00. The Morgan fingerprint density at radius 1 is 1.13 bits per heavy atom. The maximum absolute atomic E-state index is 12.3. The zero-order valence-corrected chi connectivity index (χ0v) is 15.1. The maximum atomic E-state index is 12.3. The minimum atomic E-state index is -0.0184. The minimum Gasteiger partial charge on any atom is -0.349 e. The normalized spacial score (nSPS) is 20.0. The molecule has 1 saturated carbocycles. The average molecular weight is 374 g/mol. The van der Waals surface area contributed by atoms with Crippen molar-refractivity contribution in [1.82, 2.24) is 10.3 Å². The molecule has 3 N–H and O–H groups in total. The second kappa shape index (κ2) is 9.23. The zero-order valence-electron chi connectivity index (χ0n) is 12.6. The van der Waals surface area contributed by atoms with Crippen LogP contribution in [0.25, 0.3) is 10.6 Å². The lowest BCUT2D eigenvalue weighted by Crippen LogP contribution is -2.40. The van der Waals surface area contributed by atoms with E-state index in [-0.39, 0.29) is 36.8 Å². The van der Waals surface area contributed by atoms with Crippen molar-refractivity contribution >= 4 is 42.1 Å². The lowest BCUT2D eigenvalue weighted by Gasteiger charge is -2.26. The molecule has 0 bridgehead atoms. The molecular formula is C16H21Cl2N3OS. The van der Waals surface area contributed by atoms with Crippen molar-refractivity contribution in [1.29, 1.82) is 0 Å². The molecule has 0 aliphatic heterocycles. The third-order valence-corrected chi connectivity index (χ3v) is 4.90. The predicted octanol–water partition coefficient (Wildman–Crippen LogP) is 3.65. The van der Waals surface area contributed by atoms with Crippen molar-refractivity contribution in [2.75, 3.05) is 0 Å². The van der Waals surface area contributed by atoms with Crippen LogP contribution in [-0.4, -0.2) is 23.0 Å². The molecule has 3 rings (SSSR count). The van der Waals surface area contributed by atoms with E-state index < -0.39 is 0 Å². The first-order valence-electron chi connectivity index (χ1n) is 7.30. The van der Waals surface area contributed by atoms with E-state index >= 15 is 0 Å². The van der Waals surface area contributed by atoms with Gasteiger partial charge in [0.1, 0.15) is 9.88 Å². The number of nitrogens with zero attached hydrogens (tertiary/aromatic N) is 1. The first-order valence-corrected chi connectivity index (χ1v) is 8.12. The van der Waals surface area contributed by atoms with E-state index in [1.165, 1.54) is 11.3 Å². The van der Waals surface area contributed by atoms with E-state index in [9.17, 15) is 4.79 Å². The quantitative estimate of drug-likeness (QED) is 0.862. The first kappa shape index (κ1) is 19.9. The number of carbonyl (C=O) groups excluding carboxylic acids is 1. The summed E-state index contributed by atoms with van der Waals surface area (Å²) in [6, 6.07) is 10.5. The Morgan fingerprint density at radius 3 is 2.43 bits per heavy atom. The minimum absolute atomic E-state index is 0. The van der Waals surface area contributed by atoms with Crippen molar-refractivity contribution in [2.24, 2.45) is 5.73 Å². The van der Waals surface area contributed by atoms with E-state index in [4.69, 9.17) is 5.73 Å². The molecule has 1 amide bonds. The zero-order chi connectivity index (χ0) is 14.7. The predicted molar refractivity (Wildman–Crippen MR) is 99.7 cm³/mol. The Kier molecular flexibility index (Phi) is 7.99. The summed E-state index contributed by atoms with van der Waals surface area (Å²) in [5.41, 5.74) is 6.93. The highest BCUT2D eigenvalue weighted by Crippen LogP contribution is 2.25. The summed E-state index contributed by atoms with van der Waals surface area (Å²) < 4.78 is 0. The van der Waals surface area contributed by atoms with Gasteiger partial charge in [-0.05, 0) is 25.7 Å². The molecule has 0 radical (unpaired) electrons. The van der Waals surface area contributed by atoms with Gasteiger partial charge in [0, 0.05) is 17.6 Å². The highest BCUT2D eigenvalue weighted by Gasteiger charge is 2.21. The molecule has 1 aliphatic carbocycles. The number of halogens is 2. The summed E-state index contributed by atoms with van der Waals surface area (Å²) in [4.78, 5) is 17.3. The van der Waals surface area contributed by atoms with Crippen LogP contribution in [0.2, 0.25) is 0 Å². The van der Waals surface area contributed by atoms with E-state index in [0.29, 0.717) is 10.9 Å². The molecule has 1 fully saturated rings. The van der Waals surface area contributed by atoms with E-state index in [1.54, 1.807) is 6.20 Å². The van der Waals surface area contributed by atoms with Gasteiger partial charge in [0.25, 0.3) is 5.91 Å². The molecule has 1 aromatic carbocycles. The van der Waals surface area contributed by atoms with Crippen molar-refractivity contribution in [3.8, 4) is 10.6 Å². The second-order valence-electron chi connectivity index (χ2n) is 5.48. The fraction of sp³-hybridized carbons (Fsp3) is 0.375. The Morgan fingerprint density at radius 2 is 1.78 bits per heavy atom. The Hall–Kier alpha value is -1.14. The number of thiazole rings is 1. The van der Waals surface area contributed by atoms with E-state index in [0.717, 1.165) is 36.3 Å². The molecular weight excluding hydrogens is 353 g/mol. The number of carbonyl (C=O) groups is 1. The highest BCUT2D eigenvalue weighted by atomic mass is 35.5. The Balaban J connectivity index is 0.00000132. The van der Waals surface area contributed by atoms with Gasteiger partial charge in [-0.1, -0.05) is 30.3 Å². The number of amides is 1. The molecule has 0 spiro atoms. The molecule has 1 aromatic heterocycles. The van der Waals surface area contributed by atoms with Gasteiger partial charge in [0.05, 0.1) is 6.20 Å². The molecule has 1 heterocycles. The van der Waals surface area contributed by atoms with E-state index in [2.05, 4.69) is 10.3 Å². The molecule has 0 unspecified atom stereocenters. The van der Waals surface area contributed by atoms with Crippen LogP contribution < -0.4 is 11.1 Å². The maximum Gasteiger partial charge on any atom is 0.263 e. The van der Waals surface area contributed by atoms with Crippen LogP contribution in [0.3, 0.4) is 0 Å². The summed E-state index contributed by atoms with van der Waals surface area (Å²) in [5, 5.41) is 3.98. The van der Waals surface area contributed by atoms with Gasteiger partial charge in [-0.3, -0.25) is 4.79 Å². The highest BCUT2D eigenvalue weighted by molar-refractivity contribution is 7.16. The first-order chi connectivity index (χ1) is 10.2. The number of hydrogen-bond acceptors (Lipinski definition) is 4. The number of aromatic nitrogens is 1. The van der Waals surface area contributed by atoms with Crippen molar-refractivity contribution in [3.05, 3.63) is 41.4 Å². The van der Waals surface area contributed by atoms with Gasteiger partial charge in [-0.15, -0.1) is 36.2 Å². The summed E-state index contributed by atoms with van der Waals surface area (Å²) in [6.07, 6.45) is 5.58. The van der Waals surface area contributed by atoms with Gasteiger partial charge in [-0.25, -0.2) is 4.98 Å². The molecule has 23 heavy (non-hydrogen) atoms. The largest absolute Gasteiger partial charge is 0.349 e. The standard InChI is InChI=1S/C16H19N3OS.2ClH/c17-12-6-8-13(9-7-12)19-15(20)14-10-18-16(21-14)11-4-2-1-3-5-11;;/h1-5,10,12-13H,6-9,17H2,(H,19,20);2*1H. The summed E-state index contributed by atoms with van der Waals surface area (Å²) in [6.45, 7) is 0. The Bertz CT molecular complexity index is 613. The van der Waals surface area contributed by atoms with Crippen molar-refractivity contribution in [2.45, 2.75) is 37.8 Å². The molecule has 7 heteroatoms. The SMILES string of the molecule is Cl.Cl.NC1CCC(NC(=O)c2cnc(-c3ccccc3)s2)CC1. The molecule has 0 saturated heterocycles. The van der Waals surface area contributed by atoms with Crippen LogP contribution in [0.5, 0.6) is 0 Å². The fourth-order valence-corrected chi connectivity index (χ4v) is 3.44. The topological polar surface area (TPSA) is 68.0 Å². The summed E-state index contributed by atoms with van der Waals surface area (Å²) >= 11 is 1.44. The number of benzene rings is 1. The van der Waals surface area contributed by atoms with Crippen molar-refractivity contribution < 1.29 is 4.79 Å². The summed E-state index contributed by atoms with van der Waals surface area (Å²) in [7, 11) is 0. The van der Waals surface area contributed by atoms with E-state index in [1.807, 2.05) is 30.3 Å². The molecule has 2 aromatic rings. The third kappa shape index (κ3) is 5.18. The van der Waals surface area contributed by atoms with Gasteiger partial charge in [-0.2, -0.15) is 0 Å². The van der Waals surface area contributed by atoms with Crippen LogP contribution in [0, 0.1) is 0 Å². The number of hydrogen-bond donors (Lipinski definition) is 2. The molecule has 1 aliphatic rings. The van der Waals surface area contributed by atoms with Crippen molar-refractivity contribution in [3.63, 3.8) is 0 Å². The Labute approximate surface area is 152 Å². The molecule has 126 valence electrons. The van der Waals surface area contributed by atoms with Crippen LogP contribution in [0.1, 0.15) is 35.4 Å². The molecule has 0 atom stereocenters. The van der Waals surface area contributed by atoms with Crippen LogP contribution in [0.4, 0.5) is 0 Å². The third-order valence-electron chi connectivity index (χ3n) is 3.86. The number of nitrogens with one attached hydrogen (secondary N) is 1. The summed E-state index contributed by atoms with van der Waals surface area (Å²) in [5.74, 6) is -0.0184. The smallest absolute Gasteiger partial charge is 0.263 e. The van der Waals surface area contributed by atoms with Gasteiger partial charge >= 0.3 is 0 Å². The fourth-order valence-electron chi connectivity index (χ4n) is 2.61. The van der Waals surface area contributed by atoms with Gasteiger partial charge < -0.3 is 11.1 Å². The second-order valence-corrected chi connectivity index (χ2v) is 6.51. The van der Waals surface area contributed by atoms with Gasteiger partial charge in [0.15, 0.2) is 0 Å². The number of rotatable bonds is 3. The van der Waals surface area contributed by atoms with Crippen LogP contribution in [0.15, 0.2) is 36.5 Å². The van der Waals surface area contributed by atoms with Gasteiger partial charge in [0.2, 0.25) is 0 Å². The molecule has 4 nitrogen and oxygen atoms in total. The van der Waals surface area contributed by atoms with Crippen LogP contribution >= 0.6 is 36.2 Å².